The zero-order valence-electron chi connectivity index (χ0n) is 6.67. The second-order valence-corrected chi connectivity index (χ2v) is 3.49. The van der Waals surface area contributed by atoms with E-state index in [2.05, 4.69) is 16.2 Å². The Morgan fingerprint density at radius 2 is 2.46 bits per heavy atom. The summed E-state index contributed by atoms with van der Waals surface area (Å²) in [7, 11) is 0. The topological polar surface area (TPSA) is 48.7 Å². The first-order chi connectivity index (χ1) is 6.27. The molecule has 1 heterocycles. The zero-order valence-corrected chi connectivity index (χ0v) is 8.24. The van der Waals surface area contributed by atoms with Crippen molar-refractivity contribution < 1.29 is 0 Å². The third kappa shape index (κ3) is 2.62. The van der Waals surface area contributed by atoms with Crippen LogP contribution in [0.5, 0.6) is 0 Å². The SMILES string of the molecule is C#CCCNc1nc(Cl)c(C#N)s1. The highest BCUT2D eigenvalue weighted by atomic mass is 35.5. The number of nitrogens with one attached hydrogen (secondary N) is 1. The van der Waals surface area contributed by atoms with Crippen LogP contribution in [0.25, 0.3) is 0 Å². The Balaban J connectivity index is 2.60. The zero-order chi connectivity index (χ0) is 9.68. The van der Waals surface area contributed by atoms with E-state index in [-0.39, 0.29) is 5.15 Å². The summed E-state index contributed by atoms with van der Waals surface area (Å²) in [5.74, 6) is 2.49. The fourth-order valence-electron chi connectivity index (χ4n) is 0.688. The van der Waals surface area contributed by atoms with Gasteiger partial charge in [-0.3, -0.25) is 0 Å². The number of aromatic nitrogens is 1. The Labute approximate surface area is 85.4 Å². The number of hydrogen-bond donors (Lipinski definition) is 1. The standard InChI is InChI=1S/C8H6ClN3S/c1-2-3-4-11-8-12-7(9)6(5-10)13-8/h1H,3-4H2,(H,11,12). The first kappa shape index (κ1) is 9.85. The maximum Gasteiger partial charge on any atom is 0.185 e. The van der Waals surface area contributed by atoms with E-state index < -0.39 is 0 Å². The number of nitriles is 1. The summed E-state index contributed by atoms with van der Waals surface area (Å²) < 4.78 is 0. The van der Waals surface area contributed by atoms with Gasteiger partial charge in [0.15, 0.2) is 10.3 Å². The molecule has 0 unspecified atom stereocenters. The molecule has 0 radical (unpaired) electrons. The molecule has 1 N–H and O–H groups in total. The van der Waals surface area contributed by atoms with E-state index in [1.165, 1.54) is 11.3 Å². The highest BCUT2D eigenvalue weighted by molar-refractivity contribution is 7.16. The lowest BCUT2D eigenvalue weighted by Crippen LogP contribution is -1.98. The van der Waals surface area contributed by atoms with Crippen molar-refractivity contribution in [3.05, 3.63) is 10.0 Å². The molecule has 1 aromatic heterocycles. The van der Waals surface area contributed by atoms with Gasteiger partial charge in [0.1, 0.15) is 10.9 Å². The van der Waals surface area contributed by atoms with Crippen molar-refractivity contribution in [1.29, 1.82) is 5.26 Å². The Hall–Kier alpha value is -1.23. The highest BCUT2D eigenvalue weighted by Crippen LogP contribution is 2.25. The molecular formula is C8H6ClN3S. The Morgan fingerprint density at radius 1 is 1.69 bits per heavy atom. The molecule has 3 nitrogen and oxygen atoms in total. The molecule has 0 aliphatic rings. The predicted molar refractivity (Wildman–Crippen MR) is 53.8 cm³/mol. The van der Waals surface area contributed by atoms with Gasteiger partial charge in [-0.2, -0.15) is 5.26 Å². The molecule has 0 aliphatic carbocycles. The van der Waals surface area contributed by atoms with Crippen molar-refractivity contribution in [3.63, 3.8) is 0 Å². The van der Waals surface area contributed by atoms with Crippen LogP contribution < -0.4 is 5.32 Å². The average molecular weight is 212 g/mol. The van der Waals surface area contributed by atoms with Crippen LogP contribution in [0.2, 0.25) is 5.15 Å². The smallest absolute Gasteiger partial charge is 0.185 e. The van der Waals surface area contributed by atoms with E-state index in [9.17, 15) is 0 Å². The van der Waals surface area contributed by atoms with Gasteiger partial charge in [0.05, 0.1) is 0 Å². The lowest BCUT2D eigenvalue weighted by atomic mass is 10.4. The van der Waals surface area contributed by atoms with Crippen molar-refractivity contribution in [1.82, 2.24) is 4.98 Å². The van der Waals surface area contributed by atoms with Crippen LogP contribution in [0.15, 0.2) is 0 Å². The van der Waals surface area contributed by atoms with Crippen LogP contribution in [-0.2, 0) is 0 Å². The van der Waals surface area contributed by atoms with Gasteiger partial charge >= 0.3 is 0 Å². The largest absolute Gasteiger partial charge is 0.360 e. The number of hydrogen-bond acceptors (Lipinski definition) is 4. The van der Waals surface area contributed by atoms with E-state index in [1.807, 2.05) is 6.07 Å². The highest BCUT2D eigenvalue weighted by Gasteiger charge is 2.06. The molecule has 0 atom stereocenters. The minimum absolute atomic E-state index is 0.246. The average Bonchev–Trinajstić information content (AvgIpc) is 2.47. The minimum atomic E-state index is 0.246. The molecule has 0 aromatic carbocycles. The van der Waals surface area contributed by atoms with E-state index >= 15 is 0 Å². The van der Waals surface area contributed by atoms with Crippen LogP contribution in [0.4, 0.5) is 5.13 Å². The molecule has 13 heavy (non-hydrogen) atoms. The fourth-order valence-corrected chi connectivity index (χ4v) is 1.66. The van der Waals surface area contributed by atoms with Gasteiger partial charge in [-0.05, 0) is 0 Å². The molecule has 0 saturated heterocycles. The van der Waals surface area contributed by atoms with E-state index in [0.717, 1.165) is 0 Å². The van der Waals surface area contributed by atoms with Gasteiger partial charge in [-0.15, -0.1) is 12.3 Å². The molecule has 1 aromatic rings. The lowest BCUT2D eigenvalue weighted by Gasteiger charge is -1.95. The third-order valence-corrected chi connectivity index (χ3v) is 2.54. The predicted octanol–water partition coefficient (Wildman–Crippen LogP) is 2.10. The molecule has 66 valence electrons. The van der Waals surface area contributed by atoms with Crippen LogP contribution >= 0.6 is 22.9 Å². The quantitative estimate of drug-likeness (QED) is 0.615. The van der Waals surface area contributed by atoms with Crippen molar-refractivity contribution >= 4 is 28.1 Å². The Bertz CT molecular complexity index is 372. The van der Waals surface area contributed by atoms with Crippen molar-refractivity contribution in [2.24, 2.45) is 0 Å². The molecule has 0 amide bonds. The minimum Gasteiger partial charge on any atom is -0.360 e. The summed E-state index contributed by atoms with van der Waals surface area (Å²) in [6, 6.07) is 1.95. The summed E-state index contributed by atoms with van der Waals surface area (Å²) >= 11 is 6.88. The Kier molecular flexibility index (Phi) is 3.57. The maximum absolute atomic E-state index is 8.58. The van der Waals surface area contributed by atoms with Gasteiger partial charge in [0.2, 0.25) is 0 Å². The third-order valence-electron chi connectivity index (χ3n) is 1.23. The summed E-state index contributed by atoms with van der Waals surface area (Å²) in [6.45, 7) is 0.644. The molecule has 0 aliphatic heterocycles. The van der Waals surface area contributed by atoms with Gasteiger partial charge < -0.3 is 5.32 Å². The number of nitrogens with zero attached hydrogens (tertiary/aromatic N) is 2. The van der Waals surface area contributed by atoms with Gasteiger partial charge in [0, 0.05) is 13.0 Å². The monoisotopic (exact) mass is 211 g/mol. The molecule has 5 heteroatoms. The molecule has 0 saturated carbocycles. The van der Waals surface area contributed by atoms with Gasteiger partial charge in [-0.25, -0.2) is 4.98 Å². The molecule has 0 fully saturated rings. The second kappa shape index (κ2) is 4.71. The van der Waals surface area contributed by atoms with Crippen molar-refractivity contribution in [3.8, 4) is 18.4 Å². The number of terminal acetylenes is 1. The number of rotatable bonds is 3. The van der Waals surface area contributed by atoms with Crippen molar-refractivity contribution in [2.45, 2.75) is 6.42 Å². The second-order valence-electron chi connectivity index (χ2n) is 2.13. The van der Waals surface area contributed by atoms with E-state index in [0.29, 0.717) is 23.0 Å². The van der Waals surface area contributed by atoms with Crippen LogP contribution in [0.3, 0.4) is 0 Å². The molecule has 0 spiro atoms. The fraction of sp³-hybridized carbons (Fsp3) is 0.250. The van der Waals surface area contributed by atoms with E-state index in [4.69, 9.17) is 23.3 Å². The molecule has 0 bridgehead atoms. The number of thiazole rings is 1. The number of anilines is 1. The maximum atomic E-state index is 8.58. The van der Waals surface area contributed by atoms with Crippen LogP contribution in [0.1, 0.15) is 11.3 Å². The summed E-state index contributed by atoms with van der Waals surface area (Å²) in [6.07, 6.45) is 5.69. The first-order valence-corrected chi connectivity index (χ1v) is 4.71. The van der Waals surface area contributed by atoms with Crippen molar-refractivity contribution in [2.75, 3.05) is 11.9 Å². The lowest BCUT2D eigenvalue weighted by molar-refractivity contribution is 1.09. The van der Waals surface area contributed by atoms with E-state index in [1.54, 1.807) is 0 Å². The number of halogens is 1. The first-order valence-electron chi connectivity index (χ1n) is 3.51. The van der Waals surface area contributed by atoms with Gasteiger partial charge in [0.25, 0.3) is 0 Å². The summed E-state index contributed by atoms with van der Waals surface area (Å²) in [5, 5.41) is 12.4. The molecule has 1 rings (SSSR count). The van der Waals surface area contributed by atoms with Crippen LogP contribution in [-0.4, -0.2) is 11.5 Å². The Morgan fingerprint density at radius 3 is 3.00 bits per heavy atom. The normalized spacial score (nSPS) is 8.85. The molecular weight excluding hydrogens is 206 g/mol. The summed E-state index contributed by atoms with van der Waals surface area (Å²) in [4.78, 5) is 4.36. The van der Waals surface area contributed by atoms with Gasteiger partial charge in [-0.1, -0.05) is 22.9 Å². The summed E-state index contributed by atoms with van der Waals surface area (Å²) in [5.41, 5.74) is 0. The van der Waals surface area contributed by atoms with Crippen LogP contribution in [0, 0.1) is 23.7 Å².